The monoisotopic (exact) mass is 522 g/mol. The molecular formula is C30H29F3N2O3. The highest BCUT2D eigenvalue weighted by atomic mass is 19.4. The first kappa shape index (κ1) is 25.0. The van der Waals surface area contributed by atoms with Gasteiger partial charge in [0, 0.05) is 36.7 Å². The summed E-state index contributed by atoms with van der Waals surface area (Å²) >= 11 is 0. The highest BCUT2D eigenvalue weighted by Crippen LogP contribution is 2.64. The third kappa shape index (κ3) is 3.45. The summed E-state index contributed by atoms with van der Waals surface area (Å²) in [6.45, 7) is 5.40. The average molecular weight is 523 g/mol. The summed E-state index contributed by atoms with van der Waals surface area (Å²) in [6, 6.07) is 10.1. The zero-order valence-electron chi connectivity index (χ0n) is 21.1. The molecule has 0 unspecified atom stereocenters. The van der Waals surface area contributed by atoms with Gasteiger partial charge >= 0.3 is 6.18 Å². The van der Waals surface area contributed by atoms with Crippen molar-refractivity contribution in [3.05, 3.63) is 77.4 Å². The lowest BCUT2D eigenvalue weighted by Crippen LogP contribution is -2.78. The number of piperidine rings is 1. The molecule has 1 amide bonds. The fourth-order valence-corrected chi connectivity index (χ4v) is 7.46. The van der Waals surface area contributed by atoms with E-state index in [-0.39, 0.29) is 12.1 Å². The molecule has 8 heteroatoms. The number of benzene rings is 2. The minimum absolute atomic E-state index is 0.0670. The molecule has 198 valence electrons. The molecule has 6 rings (SSSR count). The molecule has 2 aromatic rings. The number of alkyl halides is 3. The summed E-state index contributed by atoms with van der Waals surface area (Å²) in [7, 11) is 1.69. The van der Waals surface area contributed by atoms with Gasteiger partial charge in [-0.15, -0.1) is 6.58 Å². The molecule has 5 atom stereocenters. The summed E-state index contributed by atoms with van der Waals surface area (Å²) < 4.78 is 45.1. The van der Waals surface area contributed by atoms with Gasteiger partial charge in [-0.05, 0) is 68.1 Å². The maximum Gasteiger partial charge on any atom is 0.416 e. The molecule has 2 aliphatic carbocycles. The van der Waals surface area contributed by atoms with Crippen molar-refractivity contribution in [2.45, 2.75) is 61.1 Å². The van der Waals surface area contributed by atoms with E-state index >= 15 is 0 Å². The van der Waals surface area contributed by atoms with Crippen LogP contribution in [0.1, 0.15) is 41.5 Å². The van der Waals surface area contributed by atoms with Gasteiger partial charge in [-0.2, -0.15) is 13.2 Å². The van der Waals surface area contributed by atoms with Crippen LogP contribution in [0, 0.1) is 11.8 Å². The van der Waals surface area contributed by atoms with Crippen molar-refractivity contribution in [2.24, 2.45) is 0 Å². The number of hydrogen-bond acceptors (Lipinski definition) is 4. The second kappa shape index (κ2) is 8.62. The number of likely N-dealkylation sites (N-methyl/N-ethyl adjacent to an activating group) is 1. The standard InChI is InChI=1S/C30H29F3N2O3/c1-3-16-35-17-15-28-26-20-5-4-6-23(26)38-27(28)22(13-14-29(28,37)24(35)18-20)34(2)25(36)12-9-19-7-10-21(11-8-19)30(31,32)33/h3-8,10-11,22,24,27,37H,1,13-18H2,2H3/t22-,24-,27+,28+,29-/m1/s1. The number of nitrogens with zero attached hydrogens (tertiary/aromatic N) is 2. The third-order valence-electron chi connectivity index (χ3n) is 9.15. The van der Waals surface area contributed by atoms with Gasteiger partial charge < -0.3 is 14.7 Å². The minimum Gasteiger partial charge on any atom is -0.487 e. The lowest BCUT2D eigenvalue weighted by molar-refractivity contribution is -0.197. The summed E-state index contributed by atoms with van der Waals surface area (Å²) in [4.78, 5) is 17.1. The van der Waals surface area contributed by atoms with Crippen molar-refractivity contribution in [1.29, 1.82) is 0 Å². The van der Waals surface area contributed by atoms with Crippen molar-refractivity contribution in [1.82, 2.24) is 9.80 Å². The summed E-state index contributed by atoms with van der Waals surface area (Å²) in [5, 5.41) is 12.4. The zero-order valence-corrected chi connectivity index (χ0v) is 21.1. The molecule has 1 N–H and O–H groups in total. The Bertz CT molecular complexity index is 1360. The first-order chi connectivity index (χ1) is 18.1. The van der Waals surface area contributed by atoms with Crippen LogP contribution in [0.2, 0.25) is 0 Å². The Morgan fingerprint density at radius 3 is 2.74 bits per heavy atom. The number of hydrogen-bond donors (Lipinski definition) is 1. The van der Waals surface area contributed by atoms with Crippen molar-refractivity contribution in [2.75, 3.05) is 20.1 Å². The van der Waals surface area contributed by atoms with E-state index in [1.807, 2.05) is 18.2 Å². The summed E-state index contributed by atoms with van der Waals surface area (Å²) in [5.41, 5.74) is 0.217. The summed E-state index contributed by atoms with van der Waals surface area (Å²) in [5.74, 6) is 5.65. The third-order valence-corrected chi connectivity index (χ3v) is 9.15. The van der Waals surface area contributed by atoms with Crippen LogP contribution in [-0.2, 0) is 22.8 Å². The zero-order chi connectivity index (χ0) is 26.9. The maximum atomic E-state index is 13.2. The molecule has 2 bridgehead atoms. The maximum absolute atomic E-state index is 13.2. The van der Waals surface area contributed by atoms with Crippen LogP contribution in [0.25, 0.3) is 0 Å². The molecule has 1 saturated carbocycles. The molecule has 38 heavy (non-hydrogen) atoms. The average Bonchev–Trinajstić information content (AvgIpc) is 3.23. The van der Waals surface area contributed by atoms with Crippen LogP contribution in [0.5, 0.6) is 5.75 Å². The lowest BCUT2D eigenvalue weighted by Gasteiger charge is -2.64. The van der Waals surface area contributed by atoms with Gasteiger partial charge in [0.1, 0.15) is 11.9 Å². The van der Waals surface area contributed by atoms with E-state index in [9.17, 15) is 23.1 Å². The Kier molecular flexibility index (Phi) is 5.68. The van der Waals surface area contributed by atoms with Crippen LogP contribution in [0.3, 0.4) is 0 Å². The van der Waals surface area contributed by atoms with Crippen molar-refractivity contribution >= 4 is 5.91 Å². The van der Waals surface area contributed by atoms with Gasteiger partial charge in [0.15, 0.2) is 0 Å². The number of carbonyl (C=O) groups is 1. The highest BCUT2D eigenvalue weighted by molar-refractivity contribution is 5.94. The van der Waals surface area contributed by atoms with Gasteiger partial charge in [-0.3, -0.25) is 9.69 Å². The Labute approximate surface area is 219 Å². The second-order valence-electron chi connectivity index (χ2n) is 10.8. The van der Waals surface area contributed by atoms with Crippen molar-refractivity contribution in [3.63, 3.8) is 0 Å². The number of rotatable bonds is 3. The van der Waals surface area contributed by atoms with Crippen molar-refractivity contribution < 1.29 is 27.8 Å². The fraction of sp³-hybridized carbons (Fsp3) is 0.433. The molecule has 4 aliphatic rings. The molecule has 2 aromatic carbocycles. The SMILES string of the molecule is C=CCN1CC[C@]23c4c5cccc4O[C@H]2[C@H](N(C)C(=O)C#Cc2ccc(C(F)(F)F)cc2)CC[C@@]3(O)[C@H]1C5. The van der Waals surface area contributed by atoms with Crippen LogP contribution < -0.4 is 4.74 Å². The first-order valence-electron chi connectivity index (χ1n) is 12.9. The van der Waals surface area contributed by atoms with Gasteiger partial charge in [-0.25, -0.2) is 0 Å². The van der Waals surface area contributed by atoms with Gasteiger partial charge in [-0.1, -0.05) is 24.1 Å². The molecule has 2 heterocycles. The van der Waals surface area contributed by atoms with E-state index < -0.39 is 34.8 Å². The Hall–Kier alpha value is -3.28. The van der Waals surface area contributed by atoms with E-state index in [0.717, 1.165) is 36.4 Å². The molecule has 0 radical (unpaired) electrons. The van der Waals surface area contributed by atoms with Gasteiger partial charge in [0.2, 0.25) is 0 Å². The number of ether oxygens (including phenoxy) is 1. The molecule has 2 aliphatic heterocycles. The van der Waals surface area contributed by atoms with Crippen LogP contribution in [0.4, 0.5) is 13.2 Å². The quantitative estimate of drug-likeness (QED) is 0.491. The molecule has 2 fully saturated rings. The Morgan fingerprint density at radius 1 is 1.26 bits per heavy atom. The first-order valence-corrected chi connectivity index (χ1v) is 12.9. The number of aliphatic hydroxyl groups is 1. The largest absolute Gasteiger partial charge is 0.487 e. The second-order valence-corrected chi connectivity index (χ2v) is 10.8. The predicted octanol–water partition coefficient (Wildman–Crippen LogP) is 3.92. The molecule has 1 saturated heterocycles. The minimum atomic E-state index is -4.43. The van der Waals surface area contributed by atoms with E-state index in [1.165, 1.54) is 17.7 Å². The number of amides is 1. The normalized spacial score (nSPS) is 30.9. The topological polar surface area (TPSA) is 53.0 Å². The van der Waals surface area contributed by atoms with E-state index in [0.29, 0.717) is 31.4 Å². The van der Waals surface area contributed by atoms with E-state index in [2.05, 4.69) is 29.4 Å². The van der Waals surface area contributed by atoms with Gasteiger partial charge in [0.05, 0.1) is 22.6 Å². The fourth-order valence-electron chi connectivity index (χ4n) is 7.46. The van der Waals surface area contributed by atoms with Crippen LogP contribution >= 0.6 is 0 Å². The summed E-state index contributed by atoms with van der Waals surface area (Å²) in [6.07, 6.45) is -0.455. The van der Waals surface area contributed by atoms with Crippen LogP contribution in [0.15, 0.2) is 55.1 Å². The molecule has 1 spiro atoms. The Morgan fingerprint density at radius 2 is 2.03 bits per heavy atom. The smallest absolute Gasteiger partial charge is 0.416 e. The van der Waals surface area contributed by atoms with E-state index in [4.69, 9.17) is 4.74 Å². The van der Waals surface area contributed by atoms with Crippen LogP contribution in [-0.4, -0.2) is 64.7 Å². The predicted molar refractivity (Wildman–Crippen MR) is 135 cm³/mol. The molecular weight excluding hydrogens is 493 g/mol. The lowest BCUT2D eigenvalue weighted by atomic mass is 9.48. The van der Waals surface area contributed by atoms with Gasteiger partial charge in [0.25, 0.3) is 5.91 Å². The number of carbonyl (C=O) groups excluding carboxylic acids is 1. The number of likely N-dealkylation sites (tertiary alicyclic amines) is 1. The molecule has 0 aromatic heterocycles. The highest BCUT2D eigenvalue weighted by Gasteiger charge is 2.72. The van der Waals surface area contributed by atoms with Crippen molar-refractivity contribution in [3.8, 4) is 17.6 Å². The van der Waals surface area contributed by atoms with E-state index in [1.54, 1.807) is 11.9 Å². The molecule has 5 nitrogen and oxygen atoms in total. The number of halogens is 3. The Balaban J connectivity index is 1.31.